The first-order valence-electron chi connectivity index (χ1n) is 9.81. The summed E-state index contributed by atoms with van der Waals surface area (Å²) >= 11 is 0. The molecule has 0 amide bonds. The van der Waals surface area contributed by atoms with Gasteiger partial charge in [0.25, 0.3) is 0 Å². The van der Waals surface area contributed by atoms with Crippen LogP contribution in [0.1, 0.15) is 28.8 Å². The molecular weight excluding hydrogens is 358 g/mol. The fourth-order valence-electron chi connectivity index (χ4n) is 4.14. The standard InChI is InChI=1S/C22H23NO5/c24-22(16-4-6-19-21(11-16)28-14-27-19)17-2-1-7-23(13-17)12-15-3-5-18-20(10-15)26-9-8-25-18/h3-6,10-11,17H,1-2,7-9,12-14H2. The number of Topliss-reactive ketones (excluding diaryl/α,β-unsaturated/α-hetero) is 1. The maximum atomic E-state index is 13.0. The van der Waals surface area contributed by atoms with Crippen molar-refractivity contribution in [3.8, 4) is 23.0 Å². The van der Waals surface area contributed by atoms with E-state index in [4.69, 9.17) is 18.9 Å². The first-order chi connectivity index (χ1) is 13.8. The summed E-state index contributed by atoms with van der Waals surface area (Å²) in [4.78, 5) is 15.4. The second-order valence-electron chi connectivity index (χ2n) is 7.48. The predicted octanol–water partition coefficient (Wildman–Crippen LogP) is 3.28. The maximum Gasteiger partial charge on any atom is 0.231 e. The number of rotatable bonds is 4. The Hall–Kier alpha value is -2.73. The summed E-state index contributed by atoms with van der Waals surface area (Å²) in [6.45, 7) is 3.98. The number of ketones is 1. The molecule has 0 spiro atoms. The van der Waals surface area contributed by atoms with Crippen LogP contribution >= 0.6 is 0 Å². The molecule has 3 heterocycles. The van der Waals surface area contributed by atoms with E-state index in [0.717, 1.165) is 44.0 Å². The third-order valence-electron chi connectivity index (χ3n) is 5.55. The lowest BCUT2D eigenvalue weighted by molar-refractivity contribution is 0.0811. The Kier molecular flexibility index (Phi) is 4.56. The Morgan fingerprint density at radius 2 is 1.68 bits per heavy atom. The average molecular weight is 381 g/mol. The molecule has 146 valence electrons. The summed E-state index contributed by atoms with van der Waals surface area (Å²) in [6.07, 6.45) is 1.94. The molecule has 2 aromatic carbocycles. The minimum absolute atomic E-state index is 0.00586. The minimum atomic E-state index is 0.00586. The summed E-state index contributed by atoms with van der Waals surface area (Å²) in [5, 5.41) is 0. The highest BCUT2D eigenvalue weighted by atomic mass is 16.7. The zero-order valence-electron chi connectivity index (χ0n) is 15.7. The Morgan fingerprint density at radius 3 is 2.61 bits per heavy atom. The normalized spacial score (nSPS) is 20.8. The van der Waals surface area contributed by atoms with Gasteiger partial charge < -0.3 is 18.9 Å². The molecule has 1 saturated heterocycles. The molecule has 3 aliphatic rings. The summed E-state index contributed by atoms with van der Waals surface area (Å²) < 4.78 is 22.0. The monoisotopic (exact) mass is 381 g/mol. The van der Waals surface area contributed by atoms with Crippen LogP contribution in [-0.2, 0) is 6.54 Å². The van der Waals surface area contributed by atoms with Gasteiger partial charge in [0, 0.05) is 24.6 Å². The molecule has 0 radical (unpaired) electrons. The highest BCUT2D eigenvalue weighted by Crippen LogP contribution is 2.34. The molecule has 6 nitrogen and oxygen atoms in total. The minimum Gasteiger partial charge on any atom is -0.486 e. The SMILES string of the molecule is O=C(c1ccc2c(c1)OCO2)C1CCCN(Cc2ccc3c(c2)OCCO3)C1. The van der Waals surface area contributed by atoms with Crippen LogP contribution in [0.15, 0.2) is 36.4 Å². The molecule has 1 atom stereocenters. The van der Waals surface area contributed by atoms with E-state index in [0.29, 0.717) is 30.3 Å². The van der Waals surface area contributed by atoms with Gasteiger partial charge in [-0.3, -0.25) is 9.69 Å². The number of hydrogen-bond acceptors (Lipinski definition) is 6. The van der Waals surface area contributed by atoms with Crippen LogP contribution in [0, 0.1) is 5.92 Å². The number of fused-ring (bicyclic) bond motifs is 2. The Bertz CT molecular complexity index is 896. The summed E-state index contributed by atoms with van der Waals surface area (Å²) in [5.74, 6) is 3.19. The van der Waals surface area contributed by atoms with Crippen LogP contribution in [0.25, 0.3) is 0 Å². The van der Waals surface area contributed by atoms with Crippen molar-refractivity contribution in [3.63, 3.8) is 0 Å². The van der Waals surface area contributed by atoms with E-state index in [1.165, 1.54) is 5.56 Å². The summed E-state index contributed by atoms with van der Waals surface area (Å²) in [6, 6.07) is 11.6. The van der Waals surface area contributed by atoms with Gasteiger partial charge in [-0.25, -0.2) is 0 Å². The average Bonchev–Trinajstić information content (AvgIpc) is 3.21. The van der Waals surface area contributed by atoms with Crippen molar-refractivity contribution in [2.24, 2.45) is 5.92 Å². The quantitative estimate of drug-likeness (QED) is 0.758. The molecule has 0 saturated carbocycles. The van der Waals surface area contributed by atoms with Crippen LogP contribution in [-0.4, -0.2) is 43.8 Å². The zero-order chi connectivity index (χ0) is 18.9. The third kappa shape index (κ3) is 3.40. The van der Waals surface area contributed by atoms with Gasteiger partial charge in [-0.1, -0.05) is 6.07 Å². The molecular formula is C22H23NO5. The van der Waals surface area contributed by atoms with E-state index in [2.05, 4.69) is 17.0 Å². The predicted molar refractivity (Wildman–Crippen MR) is 102 cm³/mol. The lowest BCUT2D eigenvalue weighted by Gasteiger charge is -2.32. The van der Waals surface area contributed by atoms with Crippen molar-refractivity contribution >= 4 is 5.78 Å². The van der Waals surface area contributed by atoms with Crippen LogP contribution in [0.5, 0.6) is 23.0 Å². The van der Waals surface area contributed by atoms with Crippen molar-refractivity contribution in [2.75, 3.05) is 33.1 Å². The van der Waals surface area contributed by atoms with Gasteiger partial charge >= 0.3 is 0 Å². The Balaban J connectivity index is 1.26. The second kappa shape index (κ2) is 7.36. The molecule has 0 N–H and O–H groups in total. The van der Waals surface area contributed by atoms with E-state index < -0.39 is 0 Å². The van der Waals surface area contributed by atoms with Crippen molar-refractivity contribution < 1.29 is 23.7 Å². The van der Waals surface area contributed by atoms with Gasteiger partial charge in [-0.15, -0.1) is 0 Å². The van der Waals surface area contributed by atoms with E-state index in [9.17, 15) is 4.79 Å². The van der Waals surface area contributed by atoms with Crippen LogP contribution in [0.2, 0.25) is 0 Å². The van der Waals surface area contributed by atoms with E-state index >= 15 is 0 Å². The zero-order valence-corrected chi connectivity index (χ0v) is 15.7. The molecule has 1 unspecified atom stereocenters. The van der Waals surface area contributed by atoms with Crippen molar-refractivity contribution in [2.45, 2.75) is 19.4 Å². The van der Waals surface area contributed by atoms with Crippen LogP contribution < -0.4 is 18.9 Å². The summed E-state index contributed by atoms with van der Waals surface area (Å²) in [5.41, 5.74) is 1.89. The smallest absolute Gasteiger partial charge is 0.231 e. The number of benzene rings is 2. The molecule has 6 heteroatoms. The van der Waals surface area contributed by atoms with Crippen molar-refractivity contribution in [1.82, 2.24) is 4.90 Å². The Labute approximate surface area is 163 Å². The lowest BCUT2D eigenvalue weighted by atomic mass is 9.89. The number of carbonyl (C=O) groups excluding carboxylic acids is 1. The third-order valence-corrected chi connectivity index (χ3v) is 5.55. The van der Waals surface area contributed by atoms with E-state index in [-0.39, 0.29) is 18.5 Å². The number of hydrogen-bond donors (Lipinski definition) is 0. The van der Waals surface area contributed by atoms with Crippen molar-refractivity contribution in [1.29, 1.82) is 0 Å². The molecule has 2 aromatic rings. The highest BCUT2D eigenvalue weighted by Gasteiger charge is 2.28. The molecule has 3 aliphatic heterocycles. The van der Waals surface area contributed by atoms with Crippen LogP contribution in [0.4, 0.5) is 0 Å². The van der Waals surface area contributed by atoms with E-state index in [1.54, 1.807) is 0 Å². The lowest BCUT2D eigenvalue weighted by Crippen LogP contribution is -2.38. The van der Waals surface area contributed by atoms with E-state index in [1.807, 2.05) is 24.3 Å². The Morgan fingerprint density at radius 1 is 0.929 bits per heavy atom. The van der Waals surface area contributed by atoms with Gasteiger partial charge in [-0.05, 0) is 55.3 Å². The number of carbonyl (C=O) groups is 1. The number of piperidine rings is 1. The van der Waals surface area contributed by atoms with Crippen LogP contribution in [0.3, 0.4) is 0 Å². The molecule has 28 heavy (non-hydrogen) atoms. The highest BCUT2D eigenvalue weighted by molar-refractivity contribution is 5.98. The molecule has 5 rings (SSSR count). The first kappa shape index (κ1) is 17.4. The number of likely N-dealkylation sites (tertiary alicyclic amines) is 1. The first-order valence-corrected chi connectivity index (χ1v) is 9.81. The second-order valence-corrected chi connectivity index (χ2v) is 7.48. The molecule has 0 bridgehead atoms. The van der Waals surface area contributed by atoms with Gasteiger partial charge in [0.1, 0.15) is 13.2 Å². The van der Waals surface area contributed by atoms with Gasteiger partial charge in [-0.2, -0.15) is 0 Å². The fraction of sp³-hybridized carbons (Fsp3) is 0.409. The van der Waals surface area contributed by atoms with Crippen molar-refractivity contribution in [3.05, 3.63) is 47.5 Å². The molecule has 0 aromatic heterocycles. The maximum absolute atomic E-state index is 13.0. The molecule has 0 aliphatic carbocycles. The number of ether oxygens (including phenoxy) is 4. The summed E-state index contributed by atoms with van der Waals surface area (Å²) in [7, 11) is 0. The molecule has 1 fully saturated rings. The van der Waals surface area contributed by atoms with Gasteiger partial charge in [0.2, 0.25) is 6.79 Å². The topological polar surface area (TPSA) is 57.2 Å². The number of nitrogens with zero attached hydrogens (tertiary/aromatic N) is 1. The van der Waals surface area contributed by atoms with Gasteiger partial charge in [0.05, 0.1) is 0 Å². The van der Waals surface area contributed by atoms with Gasteiger partial charge in [0.15, 0.2) is 28.8 Å². The largest absolute Gasteiger partial charge is 0.486 e. The fourth-order valence-corrected chi connectivity index (χ4v) is 4.14.